The van der Waals surface area contributed by atoms with E-state index >= 15 is 0 Å². The number of nitrogens with zero attached hydrogens (tertiary/aromatic N) is 1. The summed E-state index contributed by atoms with van der Waals surface area (Å²) >= 11 is 0. The molecular weight excluding hydrogens is 372 g/mol. The molecule has 6 heteroatoms. The van der Waals surface area contributed by atoms with Crippen molar-refractivity contribution in [1.29, 1.82) is 0 Å². The minimum absolute atomic E-state index is 0.0710. The Bertz CT molecular complexity index is 903. The zero-order valence-corrected chi connectivity index (χ0v) is 16.7. The van der Waals surface area contributed by atoms with Crippen LogP contribution in [0.5, 0.6) is 0 Å². The third-order valence-corrected chi connectivity index (χ3v) is 6.81. The fourth-order valence-corrected chi connectivity index (χ4v) is 4.86. The van der Waals surface area contributed by atoms with Gasteiger partial charge in [0.1, 0.15) is 0 Å². The van der Waals surface area contributed by atoms with Crippen LogP contribution in [-0.2, 0) is 16.6 Å². The van der Waals surface area contributed by atoms with Gasteiger partial charge in [-0.15, -0.1) is 6.58 Å². The summed E-state index contributed by atoms with van der Waals surface area (Å²) in [7, 11) is -3.62. The van der Waals surface area contributed by atoms with Gasteiger partial charge in [-0.05, 0) is 42.7 Å². The fourth-order valence-electron chi connectivity index (χ4n) is 3.44. The smallest absolute Gasteiger partial charge is 0.251 e. The summed E-state index contributed by atoms with van der Waals surface area (Å²) in [5.41, 5.74) is 1.41. The SMILES string of the molecule is C=CCN(Cc1ccc(C(=O)NC2CCCC2)cc1)S(=O)(=O)c1ccccc1. The summed E-state index contributed by atoms with van der Waals surface area (Å²) < 4.78 is 27.2. The summed E-state index contributed by atoms with van der Waals surface area (Å²) in [6.07, 6.45) is 5.98. The zero-order valence-electron chi connectivity index (χ0n) is 15.9. The number of nitrogens with one attached hydrogen (secondary N) is 1. The monoisotopic (exact) mass is 398 g/mol. The van der Waals surface area contributed by atoms with Crippen LogP contribution >= 0.6 is 0 Å². The minimum atomic E-state index is -3.62. The molecule has 0 saturated heterocycles. The van der Waals surface area contributed by atoms with E-state index < -0.39 is 10.0 Å². The van der Waals surface area contributed by atoms with E-state index in [-0.39, 0.29) is 29.9 Å². The molecule has 1 amide bonds. The molecule has 0 bridgehead atoms. The Morgan fingerprint density at radius 1 is 1.07 bits per heavy atom. The van der Waals surface area contributed by atoms with Crippen molar-refractivity contribution in [3.8, 4) is 0 Å². The number of benzene rings is 2. The van der Waals surface area contributed by atoms with Gasteiger partial charge in [-0.2, -0.15) is 4.31 Å². The molecular formula is C22H26N2O3S. The fraction of sp³-hybridized carbons (Fsp3) is 0.318. The van der Waals surface area contributed by atoms with Crippen LogP contribution in [0.3, 0.4) is 0 Å². The third-order valence-electron chi connectivity index (χ3n) is 4.98. The molecule has 0 spiro atoms. The predicted octanol–water partition coefficient (Wildman–Crippen LogP) is 3.74. The van der Waals surface area contributed by atoms with Crippen molar-refractivity contribution in [2.45, 2.75) is 43.2 Å². The van der Waals surface area contributed by atoms with Crippen LogP contribution in [0.25, 0.3) is 0 Å². The third kappa shape index (κ3) is 4.88. The molecule has 28 heavy (non-hydrogen) atoms. The minimum Gasteiger partial charge on any atom is -0.349 e. The van der Waals surface area contributed by atoms with Gasteiger partial charge in [-0.1, -0.05) is 49.2 Å². The molecule has 0 atom stereocenters. The van der Waals surface area contributed by atoms with Crippen LogP contribution in [-0.4, -0.2) is 31.2 Å². The number of amides is 1. The molecule has 0 unspecified atom stereocenters. The van der Waals surface area contributed by atoms with E-state index in [1.54, 1.807) is 60.7 Å². The highest BCUT2D eigenvalue weighted by Gasteiger charge is 2.23. The number of hydrogen-bond acceptors (Lipinski definition) is 3. The van der Waals surface area contributed by atoms with E-state index in [9.17, 15) is 13.2 Å². The highest BCUT2D eigenvalue weighted by Crippen LogP contribution is 2.20. The largest absolute Gasteiger partial charge is 0.349 e. The lowest BCUT2D eigenvalue weighted by molar-refractivity contribution is 0.0938. The Labute approximate surface area is 167 Å². The maximum atomic E-state index is 12.9. The average Bonchev–Trinajstić information content (AvgIpc) is 3.22. The Balaban J connectivity index is 1.71. The molecule has 1 aliphatic carbocycles. The summed E-state index contributed by atoms with van der Waals surface area (Å²) in [6, 6.07) is 15.7. The van der Waals surface area contributed by atoms with E-state index in [1.165, 1.54) is 17.1 Å². The van der Waals surface area contributed by atoms with Crippen molar-refractivity contribution >= 4 is 15.9 Å². The Morgan fingerprint density at radius 3 is 2.32 bits per heavy atom. The van der Waals surface area contributed by atoms with E-state index in [2.05, 4.69) is 11.9 Å². The van der Waals surface area contributed by atoms with Gasteiger partial charge < -0.3 is 5.32 Å². The van der Waals surface area contributed by atoms with Crippen LogP contribution in [0.1, 0.15) is 41.6 Å². The van der Waals surface area contributed by atoms with Crippen molar-refractivity contribution in [3.63, 3.8) is 0 Å². The Kier molecular flexibility index (Phi) is 6.65. The molecule has 3 rings (SSSR count). The molecule has 2 aromatic rings. The highest BCUT2D eigenvalue weighted by atomic mass is 32.2. The quantitative estimate of drug-likeness (QED) is 0.689. The van der Waals surface area contributed by atoms with Crippen molar-refractivity contribution in [3.05, 3.63) is 78.4 Å². The second kappa shape index (κ2) is 9.17. The number of carbonyl (C=O) groups is 1. The summed E-state index contributed by atoms with van der Waals surface area (Å²) in [6.45, 7) is 4.10. The van der Waals surface area contributed by atoms with E-state index in [0.29, 0.717) is 5.56 Å². The molecule has 148 valence electrons. The van der Waals surface area contributed by atoms with Crippen LogP contribution in [0.2, 0.25) is 0 Å². The van der Waals surface area contributed by atoms with Gasteiger partial charge in [0, 0.05) is 24.7 Å². The first-order valence-electron chi connectivity index (χ1n) is 9.56. The van der Waals surface area contributed by atoms with E-state index in [4.69, 9.17) is 0 Å². The Hall–Kier alpha value is -2.44. The van der Waals surface area contributed by atoms with Crippen molar-refractivity contribution in [2.75, 3.05) is 6.54 Å². The van der Waals surface area contributed by atoms with Gasteiger partial charge in [0.25, 0.3) is 5.91 Å². The molecule has 1 fully saturated rings. The number of hydrogen-bond donors (Lipinski definition) is 1. The van der Waals surface area contributed by atoms with E-state index in [1.807, 2.05) is 0 Å². The highest BCUT2D eigenvalue weighted by molar-refractivity contribution is 7.89. The van der Waals surface area contributed by atoms with Crippen LogP contribution in [0.15, 0.2) is 72.1 Å². The van der Waals surface area contributed by atoms with E-state index in [0.717, 1.165) is 18.4 Å². The average molecular weight is 399 g/mol. The molecule has 1 saturated carbocycles. The van der Waals surface area contributed by atoms with Crippen molar-refractivity contribution in [2.24, 2.45) is 0 Å². The van der Waals surface area contributed by atoms with Gasteiger partial charge in [-0.3, -0.25) is 4.79 Å². The topological polar surface area (TPSA) is 66.5 Å². The Morgan fingerprint density at radius 2 is 1.71 bits per heavy atom. The molecule has 1 N–H and O–H groups in total. The zero-order chi connectivity index (χ0) is 20.0. The summed E-state index contributed by atoms with van der Waals surface area (Å²) in [4.78, 5) is 12.6. The second-order valence-corrected chi connectivity index (χ2v) is 8.99. The van der Waals surface area contributed by atoms with Crippen LogP contribution < -0.4 is 5.32 Å². The van der Waals surface area contributed by atoms with Gasteiger partial charge in [0.15, 0.2) is 0 Å². The van der Waals surface area contributed by atoms with Crippen molar-refractivity contribution in [1.82, 2.24) is 9.62 Å². The maximum Gasteiger partial charge on any atom is 0.251 e. The molecule has 0 aromatic heterocycles. The number of sulfonamides is 1. The molecule has 1 aliphatic rings. The molecule has 2 aromatic carbocycles. The van der Waals surface area contributed by atoms with Crippen molar-refractivity contribution < 1.29 is 13.2 Å². The van der Waals surface area contributed by atoms with Crippen LogP contribution in [0, 0.1) is 0 Å². The van der Waals surface area contributed by atoms with Crippen LogP contribution in [0.4, 0.5) is 0 Å². The van der Waals surface area contributed by atoms with Gasteiger partial charge in [0.05, 0.1) is 4.90 Å². The number of rotatable bonds is 8. The molecule has 0 radical (unpaired) electrons. The van der Waals surface area contributed by atoms with Gasteiger partial charge in [0.2, 0.25) is 10.0 Å². The standard InChI is InChI=1S/C22H26N2O3S/c1-2-16-24(28(26,27)21-10-4-3-5-11-21)17-18-12-14-19(15-13-18)22(25)23-20-8-6-7-9-20/h2-5,10-15,20H,1,6-9,16-17H2,(H,23,25). The first-order chi connectivity index (χ1) is 13.5. The molecule has 5 nitrogen and oxygen atoms in total. The lowest BCUT2D eigenvalue weighted by Crippen LogP contribution is -2.32. The first-order valence-corrected chi connectivity index (χ1v) is 11.0. The lowest BCUT2D eigenvalue weighted by Gasteiger charge is -2.21. The second-order valence-electron chi connectivity index (χ2n) is 7.05. The van der Waals surface area contributed by atoms with Gasteiger partial charge in [-0.25, -0.2) is 8.42 Å². The lowest BCUT2D eigenvalue weighted by atomic mass is 10.1. The summed E-state index contributed by atoms with van der Waals surface area (Å²) in [5, 5.41) is 3.06. The molecule has 0 aliphatic heterocycles. The number of carbonyl (C=O) groups excluding carboxylic acids is 1. The van der Waals surface area contributed by atoms with Gasteiger partial charge >= 0.3 is 0 Å². The normalized spacial score (nSPS) is 14.9. The predicted molar refractivity (Wildman–Crippen MR) is 110 cm³/mol. The summed E-state index contributed by atoms with van der Waals surface area (Å²) in [5.74, 6) is -0.0710. The molecule has 0 heterocycles. The first kappa shape index (κ1) is 20.3. The maximum absolute atomic E-state index is 12.9.